The van der Waals surface area contributed by atoms with Crippen molar-refractivity contribution in [2.75, 3.05) is 6.54 Å². The molecule has 1 aromatic rings. The van der Waals surface area contributed by atoms with Crippen molar-refractivity contribution < 1.29 is 4.43 Å². The minimum absolute atomic E-state index is 0.254. The number of nitrogens with one attached hydrogen (secondary N) is 1. The normalized spacial score (nSPS) is 16.3. The first-order valence-electron chi connectivity index (χ1n) is 6.81. The molecule has 2 rings (SSSR count). The van der Waals surface area contributed by atoms with Gasteiger partial charge in [-0.1, -0.05) is 26.8 Å². The number of rotatable bonds is 2. The average Bonchev–Trinajstić information content (AvgIpc) is 2.27. The number of hydrogen-bond donors (Lipinski definition) is 1. The van der Waals surface area contributed by atoms with Crippen LogP contribution in [-0.4, -0.2) is 14.9 Å². The third kappa shape index (κ3) is 2.78. The molecule has 1 N–H and O–H groups in total. The summed E-state index contributed by atoms with van der Waals surface area (Å²) in [5, 5.41) is 3.66. The Morgan fingerprint density at radius 3 is 2.56 bits per heavy atom. The number of hydrogen-bond acceptors (Lipinski definition) is 2. The Morgan fingerprint density at radius 2 is 1.89 bits per heavy atom. The minimum Gasteiger partial charge on any atom is -0.543 e. The van der Waals surface area contributed by atoms with Gasteiger partial charge in [0.05, 0.1) is 0 Å². The molecule has 0 unspecified atom stereocenters. The Kier molecular flexibility index (Phi) is 3.56. The molecule has 100 valence electrons. The van der Waals surface area contributed by atoms with Crippen LogP contribution in [0.3, 0.4) is 0 Å². The van der Waals surface area contributed by atoms with Crippen molar-refractivity contribution in [1.82, 2.24) is 5.32 Å². The molecule has 0 aromatic heterocycles. The van der Waals surface area contributed by atoms with E-state index in [1.54, 1.807) is 0 Å². The minimum atomic E-state index is -1.71. The topological polar surface area (TPSA) is 21.3 Å². The second-order valence-electron chi connectivity index (χ2n) is 6.72. The zero-order valence-corrected chi connectivity index (χ0v) is 13.3. The van der Waals surface area contributed by atoms with Gasteiger partial charge in [-0.05, 0) is 54.4 Å². The van der Waals surface area contributed by atoms with Crippen LogP contribution >= 0.6 is 0 Å². The maximum Gasteiger partial charge on any atom is 0.250 e. The molecule has 1 aliphatic rings. The van der Waals surface area contributed by atoms with Crippen molar-refractivity contribution in [3.05, 3.63) is 29.3 Å². The van der Waals surface area contributed by atoms with E-state index < -0.39 is 8.32 Å². The summed E-state index contributed by atoms with van der Waals surface area (Å²) < 4.78 is 6.35. The predicted octanol–water partition coefficient (Wildman–Crippen LogP) is 3.72. The summed E-state index contributed by atoms with van der Waals surface area (Å²) in [4.78, 5) is 0. The Bertz CT molecular complexity index is 435. The van der Waals surface area contributed by atoms with Crippen LogP contribution in [0.4, 0.5) is 0 Å². The summed E-state index contributed by atoms with van der Waals surface area (Å²) in [7, 11) is -1.71. The van der Waals surface area contributed by atoms with E-state index in [0.717, 1.165) is 25.3 Å². The van der Waals surface area contributed by atoms with Gasteiger partial charge in [-0.3, -0.25) is 0 Å². The summed E-state index contributed by atoms with van der Waals surface area (Å²) in [6, 6.07) is 6.59. The van der Waals surface area contributed by atoms with Crippen molar-refractivity contribution in [2.45, 2.75) is 51.9 Å². The largest absolute Gasteiger partial charge is 0.543 e. The molecule has 18 heavy (non-hydrogen) atoms. The molecular weight excluding hydrogens is 238 g/mol. The van der Waals surface area contributed by atoms with Crippen LogP contribution in [0.25, 0.3) is 0 Å². The van der Waals surface area contributed by atoms with Crippen LogP contribution in [0, 0.1) is 0 Å². The monoisotopic (exact) mass is 263 g/mol. The van der Waals surface area contributed by atoms with E-state index in [9.17, 15) is 0 Å². The van der Waals surface area contributed by atoms with Crippen molar-refractivity contribution >= 4 is 8.32 Å². The SMILES string of the molecule is CC(C)(C)[Si](C)(C)Oc1ccc2c(c1)CCNC2. The standard InChI is InChI=1S/C15H25NOSi/c1-15(2,3)18(4,5)17-14-7-6-13-11-16-9-8-12(13)10-14/h6-7,10,16H,8-9,11H2,1-5H3. The molecule has 2 nitrogen and oxygen atoms in total. The number of benzene rings is 1. The Morgan fingerprint density at radius 1 is 1.17 bits per heavy atom. The second kappa shape index (κ2) is 4.70. The van der Waals surface area contributed by atoms with Crippen LogP contribution < -0.4 is 9.74 Å². The first-order chi connectivity index (χ1) is 8.29. The molecule has 0 bridgehead atoms. The van der Waals surface area contributed by atoms with Crippen molar-refractivity contribution in [1.29, 1.82) is 0 Å². The lowest BCUT2D eigenvalue weighted by atomic mass is 10.0. The van der Waals surface area contributed by atoms with E-state index in [-0.39, 0.29) is 5.04 Å². The molecular formula is C15H25NOSi. The molecule has 0 amide bonds. The van der Waals surface area contributed by atoms with Crippen LogP contribution in [-0.2, 0) is 13.0 Å². The molecule has 0 radical (unpaired) electrons. The van der Waals surface area contributed by atoms with Gasteiger partial charge in [0.2, 0.25) is 8.32 Å². The van der Waals surface area contributed by atoms with Gasteiger partial charge in [0.1, 0.15) is 5.75 Å². The van der Waals surface area contributed by atoms with Gasteiger partial charge in [0.15, 0.2) is 0 Å². The summed E-state index contributed by atoms with van der Waals surface area (Å²) in [6.07, 6.45) is 1.12. The molecule has 1 aliphatic heterocycles. The quantitative estimate of drug-likeness (QED) is 0.821. The fourth-order valence-electron chi connectivity index (χ4n) is 1.96. The highest BCUT2D eigenvalue weighted by Crippen LogP contribution is 2.37. The maximum absolute atomic E-state index is 6.35. The third-order valence-electron chi connectivity index (χ3n) is 4.24. The highest BCUT2D eigenvalue weighted by molar-refractivity contribution is 6.74. The molecule has 0 atom stereocenters. The van der Waals surface area contributed by atoms with E-state index in [1.165, 1.54) is 11.1 Å². The van der Waals surface area contributed by atoms with Gasteiger partial charge in [-0.15, -0.1) is 0 Å². The first-order valence-corrected chi connectivity index (χ1v) is 9.72. The van der Waals surface area contributed by atoms with Gasteiger partial charge in [-0.25, -0.2) is 0 Å². The smallest absolute Gasteiger partial charge is 0.250 e. The van der Waals surface area contributed by atoms with Crippen LogP contribution in [0.2, 0.25) is 18.1 Å². The second-order valence-corrected chi connectivity index (χ2v) is 11.4. The van der Waals surface area contributed by atoms with E-state index in [2.05, 4.69) is 57.4 Å². The van der Waals surface area contributed by atoms with E-state index in [0.29, 0.717) is 0 Å². The zero-order chi connectivity index (χ0) is 13.4. The Hall–Kier alpha value is -0.803. The fraction of sp³-hybridized carbons (Fsp3) is 0.600. The van der Waals surface area contributed by atoms with Crippen LogP contribution in [0.1, 0.15) is 31.9 Å². The maximum atomic E-state index is 6.35. The highest BCUT2D eigenvalue weighted by Gasteiger charge is 2.39. The highest BCUT2D eigenvalue weighted by atomic mass is 28.4. The first kappa shape index (κ1) is 13.6. The summed E-state index contributed by atoms with van der Waals surface area (Å²) in [5.74, 6) is 1.06. The summed E-state index contributed by atoms with van der Waals surface area (Å²) in [6.45, 7) is 13.5. The lowest BCUT2D eigenvalue weighted by Crippen LogP contribution is -2.43. The molecule has 0 saturated heterocycles. The molecule has 0 spiro atoms. The van der Waals surface area contributed by atoms with Gasteiger partial charge in [-0.2, -0.15) is 0 Å². The fourth-order valence-corrected chi connectivity index (χ4v) is 2.99. The lowest BCUT2D eigenvalue weighted by Gasteiger charge is -2.36. The van der Waals surface area contributed by atoms with Crippen molar-refractivity contribution in [3.63, 3.8) is 0 Å². The van der Waals surface area contributed by atoms with Crippen LogP contribution in [0.5, 0.6) is 5.75 Å². The molecule has 0 fully saturated rings. The molecule has 0 saturated carbocycles. The molecule has 1 heterocycles. The van der Waals surface area contributed by atoms with Gasteiger partial charge in [0.25, 0.3) is 0 Å². The Labute approximate surface area is 112 Å². The Balaban J connectivity index is 2.20. The van der Waals surface area contributed by atoms with Gasteiger partial charge in [0, 0.05) is 6.54 Å². The lowest BCUT2D eigenvalue weighted by molar-refractivity contribution is 0.490. The van der Waals surface area contributed by atoms with E-state index in [1.807, 2.05) is 0 Å². The van der Waals surface area contributed by atoms with Crippen LogP contribution in [0.15, 0.2) is 18.2 Å². The van der Waals surface area contributed by atoms with Crippen molar-refractivity contribution in [3.8, 4) is 5.75 Å². The molecule has 1 aromatic carbocycles. The average molecular weight is 263 g/mol. The van der Waals surface area contributed by atoms with Crippen molar-refractivity contribution in [2.24, 2.45) is 0 Å². The zero-order valence-electron chi connectivity index (χ0n) is 12.3. The van der Waals surface area contributed by atoms with E-state index in [4.69, 9.17) is 4.43 Å². The summed E-state index contributed by atoms with van der Waals surface area (Å²) in [5.41, 5.74) is 2.87. The molecule has 3 heteroatoms. The van der Waals surface area contributed by atoms with E-state index >= 15 is 0 Å². The predicted molar refractivity (Wildman–Crippen MR) is 79.7 cm³/mol. The van der Waals surface area contributed by atoms with Gasteiger partial charge < -0.3 is 9.74 Å². The third-order valence-corrected chi connectivity index (χ3v) is 8.60. The molecule has 0 aliphatic carbocycles. The number of fused-ring (bicyclic) bond motifs is 1. The van der Waals surface area contributed by atoms with Gasteiger partial charge >= 0.3 is 0 Å². The summed E-state index contributed by atoms with van der Waals surface area (Å²) >= 11 is 0.